The van der Waals surface area contributed by atoms with Crippen LogP contribution in [0, 0.1) is 0 Å². The zero-order chi connectivity index (χ0) is 25.7. The molecule has 4 aromatic rings. The topological polar surface area (TPSA) is 146 Å². The highest BCUT2D eigenvalue weighted by molar-refractivity contribution is 6.34. The Morgan fingerprint density at radius 2 is 1.92 bits per heavy atom. The van der Waals surface area contributed by atoms with E-state index in [1.165, 1.54) is 37.6 Å². The normalized spacial score (nSPS) is 11.6. The number of nitrogens with one attached hydrogen (secondary N) is 3. The second-order valence-electron chi connectivity index (χ2n) is 7.77. The maximum Gasteiger partial charge on any atom is 0.318 e. The number of benzene rings is 2. The van der Waals surface area contributed by atoms with E-state index in [1.54, 1.807) is 0 Å². The number of ether oxygens (including phenoxy) is 1. The number of carbonyl (C=O) groups excluding carboxylic acids is 2. The number of halogens is 1. The molecule has 36 heavy (non-hydrogen) atoms. The second kappa shape index (κ2) is 11.0. The molecule has 2 amide bonds. The fourth-order valence-electron chi connectivity index (χ4n) is 3.57. The Hall–Kier alpha value is -4.28. The third kappa shape index (κ3) is 5.51. The van der Waals surface area contributed by atoms with Crippen LogP contribution >= 0.6 is 11.6 Å². The minimum absolute atomic E-state index is 0.0747. The number of aromatic amines is 1. The van der Waals surface area contributed by atoms with Crippen LogP contribution in [0.1, 0.15) is 38.7 Å². The number of hydrogen-bond acceptors (Lipinski definition) is 7. The number of hydrogen-bond donors (Lipinski definition) is 4. The molecular formula is C25H22ClN5O5. The van der Waals surface area contributed by atoms with Crippen LogP contribution in [0.3, 0.4) is 0 Å². The van der Waals surface area contributed by atoms with Crippen molar-refractivity contribution in [2.24, 2.45) is 0 Å². The summed E-state index contributed by atoms with van der Waals surface area (Å²) in [5.74, 6) is -1.14. The summed E-state index contributed by atoms with van der Waals surface area (Å²) in [5, 5.41) is 15.5. The summed E-state index contributed by atoms with van der Waals surface area (Å²) in [6.07, 6.45) is 1.74. The zero-order valence-corrected chi connectivity index (χ0v) is 19.9. The van der Waals surface area contributed by atoms with E-state index in [1.807, 2.05) is 30.3 Å². The van der Waals surface area contributed by atoms with Crippen molar-refractivity contribution in [1.82, 2.24) is 20.3 Å². The fraction of sp³-hybridized carbons (Fsp3) is 0.160. The smallest absolute Gasteiger partial charge is 0.318 e. The third-order valence-electron chi connectivity index (χ3n) is 5.40. The number of fused-ring (bicyclic) bond motifs is 1. The molecule has 0 saturated heterocycles. The molecular weight excluding hydrogens is 486 g/mol. The molecule has 184 valence electrons. The summed E-state index contributed by atoms with van der Waals surface area (Å²) in [6.45, 7) is -0.111. The van der Waals surface area contributed by atoms with E-state index in [-0.39, 0.29) is 40.1 Å². The predicted molar refractivity (Wildman–Crippen MR) is 134 cm³/mol. The Balaban J connectivity index is 1.56. The van der Waals surface area contributed by atoms with Crippen molar-refractivity contribution < 1.29 is 19.4 Å². The summed E-state index contributed by atoms with van der Waals surface area (Å²) < 4.78 is 4.94. The van der Waals surface area contributed by atoms with E-state index in [4.69, 9.17) is 16.3 Å². The van der Waals surface area contributed by atoms with Gasteiger partial charge < -0.3 is 25.5 Å². The largest absolute Gasteiger partial charge is 0.467 e. The van der Waals surface area contributed by atoms with Crippen molar-refractivity contribution in [2.75, 3.05) is 19.0 Å². The maximum absolute atomic E-state index is 12.9. The Morgan fingerprint density at radius 1 is 1.14 bits per heavy atom. The van der Waals surface area contributed by atoms with Crippen molar-refractivity contribution in [3.05, 3.63) is 92.9 Å². The maximum atomic E-state index is 12.9. The van der Waals surface area contributed by atoms with Crippen molar-refractivity contribution in [3.63, 3.8) is 0 Å². The Morgan fingerprint density at radius 3 is 2.64 bits per heavy atom. The number of anilines is 1. The van der Waals surface area contributed by atoms with Gasteiger partial charge >= 0.3 is 6.01 Å². The number of rotatable bonds is 8. The van der Waals surface area contributed by atoms with Gasteiger partial charge in [-0.05, 0) is 36.2 Å². The molecule has 0 spiro atoms. The van der Waals surface area contributed by atoms with Crippen LogP contribution < -0.4 is 20.9 Å². The molecule has 2 aromatic heterocycles. The number of amides is 2. The Labute approximate surface area is 210 Å². The lowest BCUT2D eigenvalue weighted by molar-refractivity contribution is 0.0928. The van der Waals surface area contributed by atoms with Crippen molar-refractivity contribution in [1.29, 1.82) is 0 Å². The van der Waals surface area contributed by atoms with Crippen LogP contribution in [0.2, 0.25) is 5.02 Å². The minimum Gasteiger partial charge on any atom is -0.467 e. The van der Waals surface area contributed by atoms with Crippen molar-refractivity contribution in [2.45, 2.75) is 12.5 Å². The lowest BCUT2D eigenvalue weighted by Crippen LogP contribution is -2.29. The van der Waals surface area contributed by atoms with Gasteiger partial charge in [0.25, 0.3) is 17.4 Å². The van der Waals surface area contributed by atoms with Crippen LogP contribution in [-0.4, -0.2) is 45.6 Å². The molecule has 11 heteroatoms. The monoisotopic (exact) mass is 507 g/mol. The van der Waals surface area contributed by atoms with Gasteiger partial charge in [-0.25, -0.2) is 4.98 Å². The van der Waals surface area contributed by atoms with Crippen LogP contribution in [0.25, 0.3) is 11.0 Å². The number of H-pyrrole nitrogens is 1. The van der Waals surface area contributed by atoms with Gasteiger partial charge in [0.15, 0.2) is 0 Å². The average molecular weight is 508 g/mol. The quantitative estimate of drug-likeness (QED) is 0.286. The van der Waals surface area contributed by atoms with Crippen LogP contribution in [0.5, 0.6) is 6.01 Å². The fourth-order valence-corrected chi connectivity index (χ4v) is 3.74. The number of nitrogens with zero attached hydrogens (tertiary/aromatic N) is 2. The number of aliphatic hydroxyl groups is 1. The number of aliphatic hydroxyl groups excluding tert-OH is 1. The number of pyridine rings is 1. The molecule has 0 aliphatic rings. The van der Waals surface area contributed by atoms with Gasteiger partial charge in [-0.3, -0.25) is 14.4 Å². The highest BCUT2D eigenvalue weighted by Crippen LogP contribution is 2.25. The van der Waals surface area contributed by atoms with Crippen LogP contribution in [0.15, 0.2) is 65.6 Å². The summed E-state index contributed by atoms with van der Waals surface area (Å²) >= 11 is 6.25. The first-order valence-corrected chi connectivity index (χ1v) is 11.3. The summed E-state index contributed by atoms with van der Waals surface area (Å²) in [6, 6.07) is 14.7. The van der Waals surface area contributed by atoms with Gasteiger partial charge in [-0.2, -0.15) is 4.98 Å². The predicted octanol–water partition coefficient (Wildman–Crippen LogP) is 3.09. The Kier molecular flexibility index (Phi) is 7.57. The number of carbonyl (C=O) groups is 2. The van der Waals surface area contributed by atoms with E-state index < -0.39 is 23.4 Å². The summed E-state index contributed by atoms with van der Waals surface area (Å²) in [7, 11) is 1.40. The zero-order valence-electron chi connectivity index (χ0n) is 19.1. The molecule has 0 aliphatic carbocycles. The molecule has 0 unspecified atom stereocenters. The van der Waals surface area contributed by atoms with Crippen molar-refractivity contribution >= 4 is 40.1 Å². The SMILES string of the molecule is COc1ncc2cc(C(=O)Nc3cc(C(=O)N[C@H](CCO)c4ccccc4)ccc3Cl)c(=O)[nH]c2n1. The molecule has 10 nitrogen and oxygen atoms in total. The molecule has 0 saturated carbocycles. The molecule has 0 bridgehead atoms. The molecule has 2 aromatic carbocycles. The Bertz CT molecular complexity index is 1480. The van der Waals surface area contributed by atoms with Gasteiger partial charge in [-0.1, -0.05) is 41.9 Å². The van der Waals surface area contributed by atoms with E-state index in [9.17, 15) is 19.5 Å². The van der Waals surface area contributed by atoms with Gasteiger partial charge in [0.1, 0.15) is 11.2 Å². The highest BCUT2D eigenvalue weighted by Gasteiger charge is 2.19. The first kappa shape index (κ1) is 24.8. The second-order valence-corrected chi connectivity index (χ2v) is 8.18. The van der Waals surface area contributed by atoms with E-state index in [2.05, 4.69) is 25.6 Å². The lowest BCUT2D eigenvalue weighted by Gasteiger charge is -2.19. The van der Waals surface area contributed by atoms with Gasteiger partial charge in [0, 0.05) is 23.8 Å². The molecule has 4 rings (SSSR count). The van der Waals surface area contributed by atoms with Crippen LogP contribution in [-0.2, 0) is 0 Å². The molecule has 0 aliphatic heterocycles. The standard InChI is InChI=1S/C25H22ClN5O5/c1-36-25-27-13-16-11-17(24(35)30-21(16)31-25)23(34)29-20-12-15(7-8-18(20)26)22(33)28-19(9-10-32)14-5-3-2-4-6-14/h2-8,11-13,19,32H,9-10H2,1H3,(H,28,33)(H,29,34)(H,27,30,31,35)/t19-/m1/s1. The van der Waals surface area contributed by atoms with E-state index in [0.717, 1.165) is 5.56 Å². The first-order valence-electron chi connectivity index (χ1n) is 10.9. The molecule has 1 atom stereocenters. The number of aromatic nitrogens is 3. The summed E-state index contributed by atoms with van der Waals surface area (Å²) in [5.41, 5.74) is 0.602. The van der Waals surface area contributed by atoms with Gasteiger partial charge in [0.2, 0.25) is 0 Å². The molecule has 4 N–H and O–H groups in total. The molecule has 2 heterocycles. The van der Waals surface area contributed by atoms with Gasteiger partial charge in [-0.15, -0.1) is 0 Å². The van der Waals surface area contributed by atoms with Crippen LogP contribution in [0.4, 0.5) is 5.69 Å². The first-order chi connectivity index (χ1) is 17.4. The molecule has 0 fully saturated rings. The average Bonchev–Trinajstić information content (AvgIpc) is 2.89. The van der Waals surface area contributed by atoms with E-state index in [0.29, 0.717) is 11.8 Å². The van der Waals surface area contributed by atoms with Crippen molar-refractivity contribution in [3.8, 4) is 6.01 Å². The lowest BCUT2D eigenvalue weighted by atomic mass is 10.0. The highest BCUT2D eigenvalue weighted by atomic mass is 35.5. The summed E-state index contributed by atoms with van der Waals surface area (Å²) in [4.78, 5) is 48.9. The third-order valence-corrected chi connectivity index (χ3v) is 5.73. The molecule has 0 radical (unpaired) electrons. The number of methoxy groups -OCH3 is 1. The van der Waals surface area contributed by atoms with E-state index >= 15 is 0 Å². The minimum atomic E-state index is -0.726. The van der Waals surface area contributed by atoms with Gasteiger partial charge in [0.05, 0.1) is 23.9 Å².